The molecule has 1 unspecified atom stereocenters. The molecule has 0 radical (unpaired) electrons. The summed E-state index contributed by atoms with van der Waals surface area (Å²) in [4.78, 5) is 17.1. The third-order valence-corrected chi connectivity index (χ3v) is 4.72. The zero-order valence-electron chi connectivity index (χ0n) is 15.2. The van der Waals surface area contributed by atoms with Gasteiger partial charge in [0.05, 0.1) is 18.9 Å². The summed E-state index contributed by atoms with van der Waals surface area (Å²) in [5.41, 5.74) is 3.00. The molecule has 1 aromatic heterocycles. The van der Waals surface area contributed by atoms with E-state index in [0.29, 0.717) is 12.0 Å². The zero-order valence-corrected chi connectivity index (χ0v) is 15.2. The Labute approximate surface area is 162 Å². The van der Waals surface area contributed by atoms with Gasteiger partial charge in [-0.3, -0.25) is 9.78 Å². The Kier molecular flexibility index (Phi) is 4.85. The lowest BCUT2D eigenvalue weighted by atomic mass is 9.98. The number of methoxy groups -OCH3 is 1. The molecule has 0 bridgehead atoms. The van der Waals surface area contributed by atoms with Gasteiger partial charge in [0.15, 0.2) is 0 Å². The van der Waals surface area contributed by atoms with Crippen LogP contribution in [0.3, 0.4) is 0 Å². The van der Waals surface area contributed by atoms with Gasteiger partial charge in [0.2, 0.25) is 0 Å². The molecule has 140 valence electrons. The number of halogens is 1. The Morgan fingerprint density at radius 2 is 1.71 bits per heavy atom. The average molecular weight is 375 g/mol. The van der Waals surface area contributed by atoms with E-state index in [1.54, 1.807) is 43.8 Å². The molecule has 5 nitrogen and oxygen atoms in total. The molecule has 0 saturated heterocycles. The van der Waals surface area contributed by atoms with Crippen molar-refractivity contribution in [3.63, 3.8) is 0 Å². The Morgan fingerprint density at radius 1 is 1.04 bits per heavy atom. The lowest BCUT2D eigenvalue weighted by Crippen LogP contribution is -2.27. The van der Waals surface area contributed by atoms with E-state index >= 15 is 0 Å². The van der Waals surface area contributed by atoms with Gasteiger partial charge in [-0.25, -0.2) is 9.40 Å². The van der Waals surface area contributed by atoms with Crippen LogP contribution in [0.2, 0.25) is 0 Å². The first-order valence-corrected chi connectivity index (χ1v) is 8.86. The molecule has 3 aromatic rings. The van der Waals surface area contributed by atoms with Gasteiger partial charge in [-0.2, -0.15) is 5.10 Å². The maximum Gasteiger partial charge on any atom is 0.274 e. The number of benzene rings is 2. The van der Waals surface area contributed by atoms with Gasteiger partial charge in [-0.05, 0) is 47.5 Å². The first-order valence-electron chi connectivity index (χ1n) is 8.86. The van der Waals surface area contributed by atoms with Gasteiger partial charge in [0.1, 0.15) is 11.6 Å². The highest BCUT2D eigenvalue weighted by Gasteiger charge is 2.33. The van der Waals surface area contributed by atoms with Crippen LogP contribution >= 0.6 is 0 Å². The minimum Gasteiger partial charge on any atom is -0.497 e. The van der Waals surface area contributed by atoms with Crippen molar-refractivity contribution in [1.82, 2.24) is 9.99 Å². The molecule has 1 amide bonds. The van der Waals surface area contributed by atoms with Crippen molar-refractivity contribution in [3.8, 4) is 5.75 Å². The fourth-order valence-electron chi connectivity index (χ4n) is 3.23. The average Bonchev–Trinajstić information content (AvgIpc) is 3.20. The van der Waals surface area contributed by atoms with Gasteiger partial charge in [-0.1, -0.05) is 24.3 Å². The molecular formula is C22H18FN3O2. The zero-order chi connectivity index (χ0) is 19.5. The Balaban J connectivity index is 1.71. The first kappa shape index (κ1) is 17.9. The maximum absolute atomic E-state index is 13.3. The van der Waals surface area contributed by atoms with Crippen molar-refractivity contribution in [3.05, 3.63) is 95.6 Å². The Bertz CT molecular complexity index is 1000. The molecule has 0 aliphatic carbocycles. The molecular weight excluding hydrogens is 357 g/mol. The summed E-state index contributed by atoms with van der Waals surface area (Å²) in [6.07, 6.45) is 3.70. The van der Waals surface area contributed by atoms with E-state index in [-0.39, 0.29) is 17.8 Å². The number of carbonyl (C=O) groups is 1. The number of pyridine rings is 1. The van der Waals surface area contributed by atoms with Crippen molar-refractivity contribution in [2.75, 3.05) is 7.11 Å². The number of carbonyl (C=O) groups excluding carboxylic acids is 1. The van der Waals surface area contributed by atoms with Crippen LogP contribution in [0, 0.1) is 5.82 Å². The molecule has 0 spiro atoms. The van der Waals surface area contributed by atoms with Crippen LogP contribution in [0.15, 0.2) is 78.2 Å². The quantitative estimate of drug-likeness (QED) is 0.686. The standard InChI is InChI=1S/C22H18FN3O2/c1-28-19-8-4-16(5-9-19)21-14-20(15-2-6-18(23)7-3-15)25-26(21)22(27)17-10-12-24-13-11-17/h2-13,21H,14H2,1H3. The maximum atomic E-state index is 13.3. The number of hydrogen-bond donors (Lipinski definition) is 0. The number of nitrogens with zero attached hydrogens (tertiary/aromatic N) is 3. The van der Waals surface area contributed by atoms with E-state index in [9.17, 15) is 9.18 Å². The summed E-state index contributed by atoms with van der Waals surface area (Å²) in [6.45, 7) is 0. The molecule has 0 N–H and O–H groups in total. The lowest BCUT2D eigenvalue weighted by Gasteiger charge is -2.22. The van der Waals surface area contributed by atoms with E-state index in [1.165, 1.54) is 17.1 Å². The summed E-state index contributed by atoms with van der Waals surface area (Å²) >= 11 is 0. The number of ether oxygens (including phenoxy) is 1. The highest BCUT2D eigenvalue weighted by molar-refractivity contribution is 6.05. The van der Waals surface area contributed by atoms with Crippen molar-refractivity contribution < 1.29 is 13.9 Å². The van der Waals surface area contributed by atoms with Crippen molar-refractivity contribution in [2.24, 2.45) is 5.10 Å². The third kappa shape index (κ3) is 3.49. The normalized spacial score (nSPS) is 16.0. The lowest BCUT2D eigenvalue weighted by molar-refractivity contribution is 0.0711. The van der Waals surface area contributed by atoms with Gasteiger partial charge >= 0.3 is 0 Å². The van der Waals surface area contributed by atoms with Gasteiger partial charge in [-0.15, -0.1) is 0 Å². The van der Waals surface area contributed by atoms with Crippen molar-refractivity contribution in [2.45, 2.75) is 12.5 Å². The molecule has 28 heavy (non-hydrogen) atoms. The highest BCUT2D eigenvalue weighted by Crippen LogP contribution is 2.34. The van der Waals surface area contributed by atoms with E-state index in [2.05, 4.69) is 10.1 Å². The summed E-state index contributed by atoms with van der Waals surface area (Å²) in [6, 6.07) is 16.8. The predicted octanol–water partition coefficient (Wildman–Crippen LogP) is 4.22. The number of aromatic nitrogens is 1. The summed E-state index contributed by atoms with van der Waals surface area (Å²) < 4.78 is 18.5. The van der Waals surface area contributed by atoms with E-state index < -0.39 is 0 Å². The molecule has 6 heteroatoms. The van der Waals surface area contributed by atoms with Gasteiger partial charge in [0, 0.05) is 24.4 Å². The van der Waals surface area contributed by atoms with Crippen molar-refractivity contribution >= 4 is 11.6 Å². The molecule has 4 rings (SSSR count). The second-order valence-corrected chi connectivity index (χ2v) is 6.43. The van der Waals surface area contributed by atoms with Crippen LogP contribution in [0.25, 0.3) is 0 Å². The summed E-state index contributed by atoms with van der Waals surface area (Å²) in [5.74, 6) is 0.229. The van der Waals surface area contributed by atoms with E-state index in [4.69, 9.17) is 4.74 Å². The second-order valence-electron chi connectivity index (χ2n) is 6.43. The number of hydrazone groups is 1. The highest BCUT2D eigenvalue weighted by atomic mass is 19.1. The van der Waals surface area contributed by atoms with Crippen LogP contribution in [-0.2, 0) is 0 Å². The smallest absolute Gasteiger partial charge is 0.274 e. The number of amides is 1. The van der Waals surface area contributed by atoms with E-state index in [0.717, 1.165) is 22.6 Å². The SMILES string of the molecule is COc1ccc(C2CC(c3ccc(F)cc3)=NN2C(=O)c2ccncc2)cc1. The van der Waals surface area contributed by atoms with Crippen molar-refractivity contribution in [1.29, 1.82) is 0 Å². The van der Waals surface area contributed by atoms with Crippen LogP contribution in [0.5, 0.6) is 5.75 Å². The molecule has 1 atom stereocenters. The second kappa shape index (κ2) is 7.60. The summed E-state index contributed by atoms with van der Waals surface area (Å²) in [5, 5.41) is 6.09. The van der Waals surface area contributed by atoms with Gasteiger partial charge in [0.25, 0.3) is 5.91 Å². The van der Waals surface area contributed by atoms with Gasteiger partial charge < -0.3 is 4.74 Å². The molecule has 0 fully saturated rings. The molecule has 1 aliphatic rings. The summed E-state index contributed by atoms with van der Waals surface area (Å²) in [7, 11) is 1.61. The monoisotopic (exact) mass is 375 g/mol. The van der Waals surface area contributed by atoms with Crippen LogP contribution in [0.1, 0.15) is 33.9 Å². The number of hydrogen-bond acceptors (Lipinski definition) is 4. The number of rotatable bonds is 4. The Morgan fingerprint density at radius 3 is 2.36 bits per heavy atom. The van der Waals surface area contributed by atoms with Crippen LogP contribution in [0.4, 0.5) is 4.39 Å². The fraction of sp³-hybridized carbons (Fsp3) is 0.136. The molecule has 0 saturated carbocycles. The van der Waals surface area contributed by atoms with Crippen LogP contribution < -0.4 is 4.74 Å². The third-order valence-electron chi connectivity index (χ3n) is 4.72. The molecule has 2 aromatic carbocycles. The fourth-order valence-corrected chi connectivity index (χ4v) is 3.23. The van der Waals surface area contributed by atoms with E-state index in [1.807, 2.05) is 24.3 Å². The Hall–Kier alpha value is -3.54. The first-order chi connectivity index (χ1) is 13.7. The van der Waals surface area contributed by atoms with Crippen LogP contribution in [-0.4, -0.2) is 28.7 Å². The minimum atomic E-state index is -0.307. The largest absolute Gasteiger partial charge is 0.497 e. The topological polar surface area (TPSA) is 54.8 Å². The molecule has 2 heterocycles. The molecule has 1 aliphatic heterocycles. The minimum absolute atomic E-state index is 0.208. The predicted molar refractivity (Wildman–Crippen MR) is 104 cm³/mol.